The molecule has 0 saturated heterocycles. The summed E-state index contributed by atoms with van der Waals surface area (Å²) in [7, 11) is 1.56. The summed E-state index contributed by atoms with van der Waals surface area (Å²) < 4.78 is 18.6. The third-order valence-electron chi connectivity index (χ3n) is 2.42. The maximum absolute atomic E-state index is 13.5. The average molecular weight is 211 g/mol. The molecule has 0 aliphatic heterocycles. The van der Waals surface area contributed by atoms with Gasteiger partial charge in [0, 0.05) is 5.56 Å². The van der Waals surface area contributed by atoms with Crippen LogP contribution >= 0.6 is 0 Å². The lowest BCUT2D eigenvalue weighted by atomic mass is 9.99. The minimum absolute atomic E-state index is 0.622. The molecule has 0 bridgehead atoms. The smallest absolute Gasteiger partial charge is 0.126 e. The van der Waals surface area contributed by atoms with E-state index in [1.165, 1.54) is 6.92 Å². The number of rotatable bonds is 5. The lowest BCUT2D eigenvalue weighted by Gasteiger charge is -2.14. The van der Waals surface area contributed by atoms with Crippen molar-refractivity contribution < 1.29 is 9.13 Å². The Morgan fingerprint density at radius 1 is 1.47 bits per heavy atom. The van der Waals surface area contributed by atoms with E-state index in [2.05, 4.69) is 0 Å². The second-order valence-corrected chi connectivity index (χ2v) is 3.54. The van der Waals surface area contributed by atoms with Gasteiger partial charge in [-0.3, -0.25) is 0 Å². The summed E-state index contributed by atoms with van der Waals surface area (Å²) in [5, 5.41) is 0. The van der Waals surface area contributed by atoms with Crippen LogP contribution in [0, 0.1) is 0 Å². The number of halogens is 1. The van der Waals surface area contributed by atoms with Crippen LogP contribution in [-0.4, -0.2) is 13.7 Å². The normalized spacial score (nSPS) is 12.5. The van der Waals surface area contributed by atoms with Crippen molar-refractivity contribution in [3.63, 3.8) is 0 Å². The van der Waals surface area contributed by atoms with Gasteiger partial charge in [0.2, 0.25) is 0 Å². The quantitative estimate of drug-likeness (QED) is 0.812. The predicted octanol–water partition coefficient (Wildman–Crippen LogP) is 2.62. The van der Waals surface area contributed by atoms with Crippen LogP contribution in [-0.2, 0) is 6.42 Å². The van der Waals surface area contributed by atoms with Gasteiger partial charge in [0.15, 0.2) is 0 Å². The first-order valence-electron chi connectivity index (χ1n) is 5.20. The molecule has 0 heterocycles. The van der Waals surface area contributed by atoms with Crippen molar-refractivity contribution in [2.75, 3.05) is 13.7 Å². The highest BCUT2D eigenvalue weighted by Crippen LogP contribution is 2.31. The molecule has 0 aromatic heterocycles. The van der Waals surface area contributed by atoms with Crippen LogP contribution in [0.2, 0.25) is 0 Å². The predicted molar refractivity (Wildman–Crippen MR) is 59.9 cm³/mol. The first kappa shape index (κ1) is 12.0. The molecule has 1 aromatic rings. The Balaban J connectivity index is 3.02. The van der Waals surface area contributed by atoms with Crippen LogP contribution < -0.4 is 10.5 Å². The highest BCUT2D eigenvalue weighted by molar-refractivity contribution is 5.41. The van der Waals surface area contributed by atoms with Crippen LogP contribution in [0.5, 0.6) is 5.75 Å². The number of aryl methyl sites for hydroxylation is 1. The average Bonchev–Trinajstić information content (AvgIpc) is 2.25. The SMILES string of the molecule is COc1cccc(CCCN)c1C(C)F. The highest BCUT2D eigenvalue weighted by Gasteiger charge is 2.14. The Hall–Kier alpha value is -1.09. The molecule has 84 valence electrons. The molecule has 2 nitrogen and oxygen atoms in total. The summed E-state index contributed by atoms with van der Waals surface area (Å²) in [4.78, 5) is 0. The van der Waals surface area contributed by atoms with E-state index in [0.717, 1.165) is 18.4 Å². The molecule has 0 saturated carbocycles. The number of alkyl halides is 1. The topological polar surface area (TPSA) is 35.2 Å². The first-order valence-corrected chi connectivity index (χ1v) is 5.20. The van der Waals surface area contributed by atoms with Crippen molar-refractivity contribution in [3.8, 4) is 5.75 Å². The zero-order valence-electron chi connectivity index (χ0n) is 9.29. The standard InChI is InChI=1S/C12H18FNO/c1-9(13)12-10(6-4-8-14)5-3-7-11(12)15-2/h3,5,7,9H,4,6,8,14H2,1-2H3. The maximum atomic E-state index is 13.5. The van der Waals surface area contributed by atoms with Gasteiger partial charge in [-0.2, -0.15) is 0 Å². The number of hydrogen-bond acceptors (Lipinski definition) is 2. The van der Waals surface area contributed by atoms with Crippen LogP contribution in [0.25, 0.3) is 0 Å². The van der Waals surface area contributed by atoms with E-state index in [1.54, 1.807) is 13.2 Å². The largest absolute Gasteiger partial charge is 0.496 e. The molecule has 0 amide bonds. The van der Waals surface area contributed by atoms with Gasteiger partial charge in [-0.1, -0.05) is 12.1 Å². The van der Waals surface area contributed by atoms with Crippen molar-refractivity contribution in [1.29, 1.82) is 0 Å². The fraction of sp³-hybridized carbons (Fsp3) is 0.500. The first-order chi connectivity index (χ1) is 7.20. The van der Waals surface area contributed by atoms with Gasteiger partial charge in [0.25, 0.3) is 0 Å². The molecule has 0 spiro atoms. The van der Waals surface area contributed by atoms with E-state index in [-0.39, 0.29) is 0 Å². The molecule has 1 unspecified atom stereocenters. The number of ether oxygens (including phenoxy) is 1. The van der Waals surface area contributed by atoms with Crippen LogP contribution in [0.4, 0.5) is 4.39 Å². The fourth-order valence-electron chi connectivity index (χ4n) is 1.73. The minimum atomic E-state index is -1.01. The Morgan fingerprint density at radius 2 is 2.20 bits per heavy atom. The summed E-state index contributed by atoms with van der Waals surface area (Å²) in [6, 6.07) is 5.61. The molecule has 0 radical (unpaired) electrons. The molecule has 0 fully saturated rings. The maximum Gasteiger partial charge on any atom is 0.126 e. The molecule has 1 rings (SSSR count). The zero-order chi connectivity index (χ0) is 11.3. The molecular weight excluding hydrogens is 193 g/mol. The number of nitrogens with two attached hydrogens (primary N) is 1. The van der Waals surface area contributed by atoms with Gasteiger partial charge < -0.3 is 10.5 Å². The van der Waals surface area contributed by atoms with E-state index in [1.807, 2.05) is 12.1 Å². The molecule has 3 heteroatoms. The van der Waals surface area contributed by atoms with E-state index in [4.69, 9.17) is 10.5 Å². The van der Waals surface area contributed by atoms with Gasteiger partial charge in [-0.05, 0) is 37.9 Å². The van der Waals surface area contributed by atoms with Crippen molar-refractivity contribution in [2.45, 2.75) is 25.9 Å². The van der Waals surface area contributed by atoms with Crippen molar-refractivity contribution >= 4 is 0 Å². The summed E-state index contributed by atoms with van der Waals surface area (Å²) >= 11 is 0. The van der Waals surface area contributed by atoms with Crippen molar-refractivity contribution in [2.24, 2.45) is 5.73 Å². The second-order valence-electron chi connectivity index (χ2n) is 3.54. The van der Waals surface area contributed by atoms with Gasteiger partial charge in [-0.15, -0.1) is 0 Å². The third kappa shape index (κ3) is 2.93. The summed E-state index contributed by atoms with van der Waals surface area (Å²) in [6.07, 6.45) is 0.665. The van der Waals surface area contributed by atoms with Gasteiger partial charge in [-0.25, -0.2) is 4.39 Å². The van der Waals surface area contributed by atoms with Crippen LogP contribution in [0.1, 0.15) is 30.6 Å². The number of benzene rings is 1. The molecule has 0 aliphatic carbocycles. The Kier molecular flexibility index (Phi) is 4.56. The molecule has 0 aliphatic rings. The van der Waals surface area contributed by atoms with E-state index < -0.39 is 6.17 Å². The number of methoxy groups -OCH3 is 1. The third-order valence-corrected chi connectivity index (χ3v) is 2.42. The van der Waals surface area contributed by atoms with Crippen LogP contribution in [0.15, 0.2) is 18.2 Å². The monoisotopic (exact) mass is 211 g/mol. The highest BCUT2D eigenvalue weighted by atomic mass is 19.1. The second kappa shape index (κ2) is 5.71. The molecular formula is C12H18FNO. The lowest BCUT2D eigenvalue weighted by molar-refractivity contribution is 0.344. The number of hydrogen-bond donors (Lipinski definition) is 1. The van der Waals surface area contributed by atoms with Crippen molar-refractivity contribution in [3.05, 3.63) is 29.3 Å². The zero-order valence-corrected chi connectivity index (χ0v) is 9.29. The molecule has 1 atom stereocenters. The van der Waals surface area contributed by atoms with E-state index in [0.29, 0.717) is 17.9 Å². The molecule has 1 aromatic carbocycles. The minimum Gasteiger partial charge on any atom is -0.496 e. The summed E-state index contributed by atoms with van der Waals surface area (Å²) in [5.74, 6) is 0.625. The Labute approximate surface area is 90.2 Å². The molecule has 15 heavy (non-hydrogen) atoms. The Morgan fingerprint density at radius 3 is 2.73 bits per heavy atom. The summed E-state index contributed by atoms with van der Waals surface area (Å²) in [6.45, 7) is 2.15. The van der Waals surface area contributed by atoms with Gasteiger partial charge in [0.05, 0.1) is 7.11 Å². The lowest BCUT2D eigenvalue weighted by Crippen LogP contribution is -2.04. The van der Waals surface area contributed by atoms with E-state index >= 15 is 0 Å². The van der Waals surface area contributed by atoms with Crippen LogP contribution in [0.3, 0.4) is 0 Å². The van der Waals surface area contributed by atoms with Gasteiger partial charge >= 0.3 is 0 Å². The van der Waals surface area contributed by atoms with E-state index in [9.17, 15) is 4.39 Å². The fourth-order valence-corrected chi connectivity index (χ4v) is 1.73. The molecule has 2 N–H and O–H groups in total. The Bertz CT molecular complexity index is 312. The summed E-state index contributed by atoms with van der Waals surface area (Å²) in [5.41, 5.74) is 7.10. The van der Waals surface area contributed by atoms with Crippen molar-refractivity contribution in [1.82, 2.24) is 0 Å². The van der Waals surface area contributed by atoms with Gasteiger partial charge in [0.1, 0.15) is 11.9 Å².